The predicted octanol–water partition coefficient (Wildman–Crippen LogP) is 3.05. The molecule has 0 aromatic carbocycles. The van der Waals surface area contributed by atoms with Crippen LogP contribution in [0.1, 0.15) is 6.42 Å². The fourth-order valence-corrected chi connectivity index (χ4v) is 2.74. The van der Waals surface area contributed by atoms with E-state index in [9.17, 15) is 0 Å². The summed E-state index contributed by atoms with van der Waals surface area (Å²) in [6.07, 6.45) is 2.88. The van der Waals surface area contributed by atoms with Gasteiger partial charge in [-0.25, -0.2) is 4.68 Å². The maximum atomic E-state index is 5.91. The second-order valence-electron chi connectivity index (χ2n) is 3.39. The quantitative estimate of drug-likeness (QED) is 0.766. The standard InChI is InChI=1S/C10H9ClN2OS/c11-9-3-2-8(15-9)7-6-12-13-4-1-5-14-10(7)13/h2-3,6H,1,4-5H2. The van der Waals surface area contributed by atoms with Crippen molar-refractivity contribution >= 4 is 22.9 Å². The zero-order valence-electron chi connectivity index (χ0n) is 7.94. The molecule has 0 atom stereocenters. The Hall–Kier alpha value is -1.00. The second kappa shape index (κ2) is 3.54. The molecular weight excluding hydrogens is 232 g/mol. The highest BCUT2D eigenvalue weighted by molar-refractivity contribution is 7.19. The lowest BCUT2D eigenvalue weighted by molar-refractivity contribution is 0.231. The van der Waals surface area contributed by atoms with Gasteiger partial charge in [-0.05, 0) is 12.1 Å². The first-order chi connectivity index (χ1) is 7.34. The molecule has 0 N–H and O–H groups in total. The summed E-state index contributed by atoms with van der Waals surface area (Å²) in [5, 5.41) is 4.30. The number of hydrogen-bond acceptors (Lipinski definition) is 3. The zero-order chi connectivity index (χ0) is 10.3. The number of hydrogen-bond donors (Lipinski definition) is 0. The van der Waals surface area contributed by atoms with E-state index >= 15 is 0 Å². The van der Waals surface area contributed by atoms with Crippen molar-refractivity contribution in [2.24, 2.45) is 0 Å². The monoisotopic (exact) mass is 240 g/mol. The van der Waals surface area contributed by atoms with E-state index < -0.39 is 0 Å². The highest BCUT2D eigenvalue weighted by atomic mass is 35.5. The van der Waals surface area contributed by atoms with E-state index in [0.29, 0.717) is 0 Å². The molecule has 1 aliphatic heterocycles. The van der Waals surface area contributed by atoms with Crippen LogP contribution in [0.15, 0.2) is 18.3 Å². The Morgan fingerprint density at radius 2 is 2.40 bits per heavy atom. The molecule has 3 heterocycles. The molecule has 0 aliphatic carbocycles. The Morgan fingerprint density at radius 1 is 1.47 bits per heavy atom. The van der Waals surface area contributed by atoms with Crippen LogP contribution >= 0.6 is 22.9 Å². The lowest BCUT2D eigenvalue weighted by Gasteiger charge is -2.15. The third-order valence-corrected chi connectivity index (χ3v) is 3.65. The van der Waals surface area contributed by atoms with Crippen LogP contribution in [-0.2, 0) is 6.54 Å². The Morgan fingerprint density at radius 3 is 3.20 bits per heavy atom. The van der Waals surface area contributed by atoms with Crippen molar-refractivity contribution in [2.45, 2.75) is 13.0 Å². The van der Waals surface area contributed by atoms with Crippen LogP contribution in [-0.4, -0.2) is 16.4 Å². The minimum absolute atomic E-state index is 0.776. The van der Waals surface area contributed by atoms with Crippen molar-refractivity contribution in [3.8, 4) is 16.3 Å². The van der Waals surface area contributed by atoms with Gasteiger partial charge in [0.25, 0.3) is 0 Å². The minimum atomic E-state index is 0.776. The number of ether oxygens (including phenoxy) is 1. The molecular formula is C10H9ClN2OS. The Balaban J connectivity index is 2.08. The van der Waals surface area contributed by atoms with Gasteiger partial charge in [-0.3, -0.25) is 0 Å². The van der Waals surface area contributed by atoms with Crippen molar-refractivity contribution in [2.75, 3.05) is 6.61 Å². The van der Waals surface area contributed by atoms with Gasteiger partial charge in [-0.2, -0.15) is 5.10 Å². The van der Waals surface area contributed by atoms with E-state index in [-0.39, 0.29) is 0 Å². The normalized spacial score (nSPS) is 14.7. The van der Waals surface area contributed by atoms with E-state index in [1.54, 1.807) is 11.3 Å². The van der Waals surface area contributed by atoms with Gasteiger partial charge < -0.3 is 4.74 Å². The molecule has 0 amide bonds. The van der Waals surface area contributed by atoms with Crippen LogP contribution in [0.25, 0.3) is 10.4 Å². The third kappa shape index (κ3) is 1.54. The molecule has 5 heteroatoms. The number of halogens is 1. The van der Waals surface area contributed by atoms with Crippen molar-refractivity contribution < 1.29 is 4.74 Å². The van der Waals surface area contributed by atoms with Gasteiger partial charge >= 0.3 is 0 Å². The maximum Gasteiger partial charge on any atom is 0.220 e. The highest BCUT2D eigenvalue weighted by Gasteiger charge is 2.18. The van der Waals surface area contributed by atoms with E-state index in [0.717, 1.165) is 40.2 Å². The molecule has 0 fully saturated rings. The van der Waals surface area contributed by atoms with Gasteiger partial charge in [0.05, 0.1) is 22.7 Å². The third-order valence-electron chi connectivity index (χ3n) is 2.38. The van der Waals surface area contributed by atoms with E-state index in [1.165, 1.54) is 0 Å². The summed E-state index contributed by atoms with van der Waals surface area (Å²) in [7, 11) is 0. The molecule has 0 radical (unpaired) electrons. The summed E-state index contributed by atoms with van der Waals surface area (Å²) >= 11 is 7.46. The Bertz CT molecular complexity index is 491. The zero-order valence-corrected chi connectivity index (χ0v) is 9.51. The average Bonchev–Trinajstić information content (AvgIpc) is 2.83. The molecule has 0 unspecified atom stereocenters. The minimum Gasteiger partial charge on any atom is -0.477 e. The molecule has 1 aliphatic rings. The molecule has 0 saturated carbocycles. The largest absolute Gasteiger partial charge is 0.477 e. The van der Waals surface area contributed by atoms with Crippen LogP contribution < -0.4 is 4.74 Å². The number of nitrogens with zero attached hydrogens (tertiary/aromatic N) is 2. The summed E-state index contributed by atoms with van der Waals surface area (Å²) in [5.74, 6) is 0.875. The molecule has 0 saturated heterocycles. The van der Waals surface area contributed by atoms with Crippen molar-refractivity contribution in [1.82, 2.24) is 9.78 Å². The first-order valence-corrected chi connectivity index (χ1v) is 5.98. The maximum absolute atomic E-state index is 5.91. The summed E-state index contributed by atoms with van der Waals surface area (Å²) in [6, 6.07) is 3.90. The van der Waals surface area contributed by atoms with Crippen LogP contribution in [0, 0.1) is 0 Å². The van der Waals surface area contributed by atoms with Gasteiger partial charge in [0.1, 0.15) is 0 Å². The summed E-state index contributed by atoms with van der Waals surface area (Å²) < 4.78 is 8.32. The molecule has 0 spiro atoms. The highest BCUT2D eigenvalue weighted by Crippen LogP contribution is 2.37. The lowest BCUT2D eigenvalue weighted by Crippen LogP contribution is -2.14. The summed E-state index contributed by atoms with van der Waals surface area (Å²) in [5.41, 5.74) is 1.05. The van der Waals surface area contributed by atoms with Crippen molar-refractivity contribution in [1.29, 1.82) is 0 Å². The van der Waals surface area contributed by atoms with Gasteiger partial charge in [-0.1, -0.05) is 11.6 Å². The topological polar surface area (TPSA) is 27.1 Å². The predicted molar refractivity (Wildman–Crippen MR) is 60.7 cm³/mol. The molecule has 78 valence electrons. The fourth-order valence-electron chi connectivity index (χ4n) is 1.70. The SMILES string of the molecule is Clc1ccc(-c2cnn3c2OCCC3)s1. The summed E-state index contributed by atoms with van der Waals surface area (Å²) in [6.45, 7) is 1.71. The van der Waals surface area contributed by atoms with E-state index in [1.807, 2.05) is 23.0 Å². The van der Waals surface area contributed by atoms with E-state index in [2.05, 4.69) is 5.10 Å². The Kier molecular flexibility index (Phi) is 2.18. The van der Waals surface area contributed by atoms with Crippen molar-refractivity contribution in [3.05, 3.63) is 22.7 Å². The van der Waals surface area contributed by atoms with Gasteiger partial charge in [0.2, 0.25) is 5.88 Å². The van der Waals surface area contributed by atoms with Crippen LogP contribution in [0.2, 0.25) is 4.34 Å². The number of thiophene rings is 1. The second-order valence-corrected chi connectivity index (χ2v) is 5.11. The molecule has 0 bridgehead atoms. The first-order valence-electron chi connectivity index (χ1n) is 4.79. The number of fused-ring (bicyclic) bond motifs is 1. The molecule has 15 heavy (non-hydrogen) atoms. The van der Waals surface area contributed by atoms with Gasteiger partial charge in [0.15, 0.2) is 0 Å². The molecule has 2 aromatic heterocycles. The van der Waals surface area contributed by atoms with Gasteiger partial charge in [0, 0.05) is 17.8 Å². The Labute approximate surface area is 96.2 Å². The van der Waals surface area contributed by atoms with Crippen LogP contribution in [0.4, 0.5) is 0 Å². The summed E-state index contributed by atoms with van der Waals surface area (Å²) in [4.78, 5) is 1.11. The van der Waals surface area contributed by atoms with E-state index in [4.69, 9.17) is 16.3 Å². The molecule has 2 aromatic rings. The van der Waals surface area contributed by atoms with Gasteiger partial charge in [-0.15, -0.1) is 11.3 Å². The number of rotatable bonds is 1. The molecule has 3 rings (SSSR count). The molecule has 3 nitrogen and oxygen atoms in total. The van der Waals surface area contributed by atoms with Crippen LogP contribution in [0.3, 0.4) is 0 Å². The van der Waals surface area contributed by atoms with Crippen molar-refractivity contribution in [3.63, 3.8) is 0 Å². The smallest absolute Gasteiger partial charge is 0.220 e. The lowest BCUT2D eigenvalue weighted by atomic mass is 10.3. The van der Waals surface area contributed by atoms with Crippen LogP contribution in [0.5, 0.6) is 5.88 Å². The number of aryl methyl sites for hydroxylation is 1. The number of aromatic nitrogens is 2. The first kappa shape index (κ1) is 9.24. The fraction of sp³-hybridized carbons (Fsp3) is 0.300. The average molecular weight is 241 g/mol.